The number of carbonyl (C=O) groups is 1. The summed E-state index contributed by atoms with van der Waals surface area (Å²) in [4.78, 5) is 12.1. The molecule has 0 aromatic heterocycles. The fourth-order valence-electron chi connectivity index (χ4n) is 2.35. The van der Waals surface area contributed by atoms with Crippen molar-refractivity contribution in [3.63, 3.8) is 0 Å². The number of nitrogens with one attached hydrogen (secondary N) is 1. The highest BCUT2D eigenvalue weighted by molar-refractivity contribution is 7.99. The number of amides is 1. The van der Waals surface area contributed by atoms with Crippen LogP contribution < -0.4 is 11.1 Å². The Balaban J connectivity index is 2.44. The van der Waals surface area contributed by atoms with Crippen molar-refractivity contribution in [3.05, 3.63) is 0 Å². The lowest BCUT2D eigenvalue weighted by Gasteiger charge is -2.32. The van der Waals surface area contributed by atoms with Gasteiger partial charge in [0.2, 0.25) is 5.91 Å². The van der Waals surface area contributed by atoms with Crippen LogP contribution in [0.15, 0.2) is 0 Å². The van der Waals surface area contributed by atoms with E-state index in [2.05, 4.69) is 12.2 Å². The summed E-state index contributed by atoms with van der Waals surface area (Å²) < 4.78 is 0. The predicted molar refractivity (Wildman–Crippen MR) is 79.7 cm³/mol. The summed E-state index contributed by atoms with van der Waals surface area (Å²) in [6, 6.07) is -0.0968. The molecule has 0 aromatic carbocycles. The topological polar surface area (TPSA) is 55.1 Å². The van der Waals surface area contributed by atoms with E-state index >= 15 is 0 Å². The first-order valence-electron chi connectivity index (χ1n) is 7.02. The first-order valence-corrected chi connectivity index (χ1v) is 8.07. The van der Waals surface area contributed by atoms with Crippen molar-refractivity contribution < 1.29 is 4.79 Å². The third-order valence-corrected chi connectivity index (χ3v) is 4.82. The molecule has 3 N–H and O–H groups in total. The maximum absolute atomic E-state index is 12.1. The van der Waals surface area contributed by atoms with Gasteiger partial charge in [-0.2, -0.15) is 11.8 Å². The van der Waals surface area contributed by atoms with Crippen LogP contribution in [0.3, 0.4) is 0 Å². The molecule has 0 bridgehead atoms. The van der Waals surface area contributed by atoms with Gasteiger partial charge in [-0.15, -0.1) is 0 Å². The molecule has 1 amide bonds. The summed E-state index contributed by atoms with van der Waals surface area (Å²) in [5.74, 6) is 1.17. The Bertz CT molecular complexity index is 273. The third-order valence-electron chi connectivity index (χ3n) is 3.59. The average Bonchev–Trinajstić information content (AvgIpc) is 2.27. The Labute approximate surface area is 116 Å². The zero-order valence-electron chi connectivity index (χ0n) is 12.2. The SMILES string of the molecule is CCSC1CCCC(NC(=O)[C@@H](N)C(C)(C)C)C1. The Morgan fingerprint density at radius 3 is 2.67 bits per heavy atom. The van der Waals surface area contributed by atoms with Crippen LogP contribution in [-0.2, 0) is 4.79 Å². The number of carbonyl (C=O) groups excluding carboxylic acids is 1. The van der Waals surface area contributed by atoms with E-state index in [1.165, 1.54) is 12.8 Å². The van der Waals surface area contributed by atoms with Crippen LogP contribution in [0.25, 0.3) is 0 Å². The first-order chi connectivity index (χ1) is 8.34. The van der Waals surface area contributed by atoms with E-state index in [1.54, 1.807) is 0 Å². The monoisotopic (exact) mass is 272 g/mol. The molecule has 1 rings (SSSR count). The summed E-state index contributed by atoms with van der Waals surface area (Å²) in [5.41, 5.74) is 5.82. The molecular formula is C14H28N2OS. The minimum Gasteiger partial charge on any atom is -0.352 e. The molecule has 0 saturated heterocycles. The van der Waals surface area contributed by atoms with Gasteiger partial charge in [0.05, 0.1) is 6.04 Å². The largest absolute Gasteiger partial charge is 0.352 e. The summed E-state index contributed by atoms with van der Waals surface area (Å²) >= 11 is 2.01. The van der Waals surface area contributed by atoms with Gasteiger partial charge in [-0.05, 0) is 30.4 Å². The zero-order chi connectivity index (χ0) is 13.8. The molecule has 0 aromatic rings. The maximum Gasteiger partial charge on any atom is 0.237 e. The molecule has 1 saturated carbocycles. The van der Waals surface area contributed by atoms with Crippen LogP contribution in [0.5, 0.6) is 0 Å². The normalized spacial score (nSPS) is 26.7. The Hall–Kier alpha value is -0.220. The van der Waals surface area contributed by atoms with Crippen molar-refractivity contribution in [1.82, 2.24) is 5.32 Å². The van der Waals surface area contributed by atoms with Crippen molar-refractivity contribution in [1.29, 1.82) is 0 Å². The fraction of sp³-hybridized carbons (Fsp3) is 0.929. The van der Waals surface area contributed by atoms with Gasteiger partial charge in [-0.25, -0.2) is 0 Å². The van der Waals surface area contributed by atoms with Crippen LogP contribution in [-0.4, -0.2) is 29.0 Å². The minimum atomic E-state index is -0.420. The standard InChI is InChI=1S/C14H28N2OS/c1-5-18-11-8-6-7-10(9-11)16-13(17)12(15)14(2,3)4/h10-12H,5-9,15H2,1-4H3,(H,16,17)/t10?,11?,12-/m1/s1. The molecule has 2 unspecified atom stereocenters. The molecule has 18 heavy (non-hydrogen) atoms. The molecule has 3 atom stereocenters. The molecule has 1 fully saturated rings. The number of hydrogen-bond acceptors (Lipinski definition) is 3. The highest BCUT2D eigenvalue weighted by atomic mass is 32.2. The summed E-state index contributed by atoms with van der Waals surface area (Å²) in [6.07, 6.45) is 4.70. The summed E-state index contributed by atoms with van der Waals surface area (Å²) in [5, 5.41) is 3.84. The van der Waals surface area contributed by atoms with Gasteiger partial charge in [-0.3, -0.25) is 4.79 Å². The van der Waals surface area contributed by atoms with E-state index in [4.69, 9.17) is 5.73 Å². The molecule has 1 aliphatic rings. The van der Waals surface area contributed by atoms with Crippen LogP contribution in [0.2, 0.25) is 0 Å². The molecule has 0 radical (unpaired) electrons. The van der Waals surface area contributed by atoms with Gasteiger partial charge in [0, 0.05) is 11.3 Å². The third kappa shape index (κ3) is 4.81. The first kappa shape index (κ1) is 15.8. The number of hydrogen-bond donors (Lipinski definition) is 2. The van der Waals surface area contributed by atoms with E-state index in [0.717, 1.165) is 18.6 Å². The Morgan fingerprint density at radius 2 is 2.11 bits per heavy atom. The second kappa shape index (κ2) is 6.80. The van der Waals surface area contributed by atoms with E-state index in [9.17, 15) is 4.79 Å². The van der Waals surface area contributed by atoms with Crippen molar-refractivity contribution in [2.75, 3.05) is 5.75 Å². The number of thioether (sulfide) groups is 1. The van der Waals surface area contributed by atoms with Crippen LogP contribution in [0.1, 0.15) is 53.4 Å². The molecule has 4 heteroatoms. The number of rotatable bonds is 4. The van der Waals surface area contributed by atoms with Gasteiger partial charge >= 0.3 is 0 Å². The molecule has 0 heterocycles. The Morgan fingerprint density at radius 1 is 1.44 bits per heavy atom. The lowest BCUT2D eigenvalue weighted by molar-refractivity contribution is -0.125. The van der Waals surface area contributed by atoms with Gasteiger partial charge in [-0.1, -0.05) is 34.1 Å². The quantitative estimate of drug-likeness (QED) is 0.827. The van der Waals surface area contributed by atoms with E-state index < -0.39 is 6.04 Å². The molecule has 0 spiro atoms. The number of nitrogens with two attached hydrogens (primary N) is 1. The second-order valence-electron chi connectivity index (χ2n) is 6.29. The Kier molecular flexibility index (Phi) is 5.99. The highest BCUT2D eigenvalue weighted by Gasteiger charge is 2.30. The van der Waals surface area contributed by atoms with E-state index in [1.807, 2.05) is 32.5 Å². The summed E-state index contributed by atoms with van der Waals surface area (Å²) in [6.45, 7) is 8.22. The molecule has 106 valence electrons. The van der Waals surface area contributed by atoms with Gasteiger partial charge in [0.15, 0.2) is 0 Å². The van der Waals surface area contributed by atoms with Crippen molar-refractivity contribution in [2.45, 2.75) is 70.7 Å². The van der Waals surface area contributed by atoms with E-state index in [0.29, 0.717) is 11.3 Å². The minimum absolute atomic E-state index is 0.00893. The predicted octanol–water partition coefficient (Wildman–Crippen LogP) is 2.54. The fourth-order valence-corrected chi connectivity index (χ4v) is 3.52. The maximum atomic E-state index is 12.1. The van der Waals surface area contributed by atoms with Crippen molar-refractivity contribution in [3.8, 4) is 0 Å². The highest BCUT2D eigenvalue weighted by Crippen LogP contribution is 2.28. The zero-order valence-corrected chi connectivity index (χ0v) is 13.0. The van der Waals surface area contributed by atoms with Crippen LogP contribution in [0, 0.1) is 5.41 Å². The molecule has 1 aliphatic carbocycles. The lowest BCUT2D eigenvalue weighted by Crippen LogP contribution is -2.52. The van der Waals surface area contributed by atoms with Crippen molar-refractivity contribution >= 4 is 17.7 Å². The second-order valence-corrected chi connectivity index (χ2v) is 7.87. The molecule has 3 nitrogen and oxygen atoms in total. The van der Waals surface area contributed by atoms with E-state index in [-0.39, 0.29) is 11.3 Å². The molecular weight excluding hydrogens is 244 g/mol. The smallest absolute Gasteiger partial charge is 0.237 e. The van der Waals surface area contributed by atoms with Crippen LogP contribution in [0.4, 0.5) is 0 Å². The molecule has 0 aliphatic heterocycles. The van der Waals surface area contributed by atoms with Crippen molar-refractivity contribution in [2.24, 2.45) is 11.1 Å². The van der Waals surface area contributed by atoms with Crippen LogP contribution >= 0.6 is 11.8 Å². The summed E-state index contributed by atoms with van der Waals surface area (Å²) in [7, 11) is 0. The van der Waals surface area contributed by atoms with Gasteiger partial charge in [0.25, 0.3) is 0 Å². The van der Waals surface area contributed by atoms with Gasteiger partial charge < -0.3 is 11.1 Å². The lowest BCUT2D eigenvalue weighted by atomic mass is 9.86. The van der Waals surface area contributed by atoms with Gasteiger partial charge in [0.1, 0.15) is 0 Å². The average molecular weight is 272 g/mol.